The summed E-state index contributed by atoms with van der Waals surface area (Å²) in [6, 6.07) is 49.8. The predicted octanol–water partition coefficient (Wildman–Crippen LogP) is 10.3. The summed E-state index contributed by atoms with van der Waals surface area (Å²) >= 11 is 0. The Kier molecular flexibility index (Phi) is 6.43. The van der Waals surface area contributed by atoms with E-state index in [1.165, 1.54) is 0 Å². The molecule has 0 aliphatic rings. The van der Waals surface area contributed by atoms with Gasteiger partial charge in [-0.15, -0.1) is 0 Å². The monoisotopic (exact) mass is 562 g/mol. The Morgan fingerprint density at radius 2 is 0.750 bits per heavy atom. The van der Waals surface area contributed by atoms with Gasteiger partial charge < -0.3 is 0 Å². The Morgan fingerprint density at radius 1 is 0.364 bits per heavy atom. The molecule has 0 aliphatic carbocycles. The summed E-state index contributed by atoms with van der Waals surface area (Å²) in [5.74, 6) is 0. The van der Waals surface area contributed by atoms with Crippen molar-refractivity contribution in [1.82, 2.24) is 9.97 Å². The second-order valence-electron chi connectivity index (χ2n) is 10.7. The lowest BCUT2D eigenvalue weighted by molar-refractivity contribution is 1.37. The van der Waals surface area contributed by atoms with Crippen LogP contribution in [0.25, 0.3) is 54.5 Å². The van der Waals surface area contributed by atoms with E-state index in [9.17, 15) is 0 Å². The summed E-state index contributed by atoms with van der Waals surface area (Å²) in [7, 11) is 0. The van der Waals surface area contributed by atoms with E-state index in [1.54, 1.807) is 0 Å². The van der Waals surface area contributed by atoms with Crippen LogP contribution >= 0.6 is 0 Å². The summed E-state index contributed by atoms with van der Waals surface area (Å²) in [5.41, 5.74) is 7.30. The van der Waals surface area contributed by atoms with Gasteiger partial charge in [0.25, 0.3) is 0 Å². The maximum Gasteiger partial charge on any atom is 0.0820 e. The molecule has 0 spiro atoms. The van der Waals surface area contributed by atoms with E-state index in [-0.39, 0.29) is 0 Å². The zero-order chi connectivity index (χ0) is 29.3. The van der Waals surface area contributed by atoms with Crippen LogP contribution in [0.1, 0.15) is 11.4 Å². The molecule has 6 aromatic carbocycles. The maximum atomic E-state index is 5.06. The van der Waals surface area contributed by atoms with Crippen molar-refractivity contribution in [2.45, 2.75) is 0 Å². The van der Waals surface area contributed by atoms with E-state index in [0.29, 0.717) is 0 Å². The lowest BCUT2D eigenvalue weighted by atomic mass is 9.91. The number of fused-ring (bicyclic) bond motifs is 4. The van der Waals surface area contributed by atoms with Gasteiger partial charge in [-0.3, -0.25) is 9.98 Å². The highest BCUT2D eigenvalue weighted by Crippen LogP contribution is 2.45. The highest BCUT2D eigenvalue weighted by Gasteiger charge is 2.17. The van der Waals surface area contributed by atoms with Gasteiger partial charge in [-0.25, -0.2) is 9.97 Å². The van der Waals surface area contributed by atoms with Crippen molar-refractivity contribution >= 4 is 67.2 Å². The van der Waals surface area contributed by atoms with Crippen LogP contribution in [-0.4, -0.2) is 22.4 Å². The van der Waals surface area contributed by atoms with Crippen molar-refractivity contribution in [3.8, 4) is 11.1 Å². The number of nitrogens with zero attached hydrogens (tertiary/aromatic N) is 4. The molecule has 0 radical (unpaired) electrons. The lowest BCUT2D eigenvalue weighted by Crippen LogP contribution is -1.91. The quantitative estimate of drug-likeness (QED) is 0.196. The van der Waals surface area contributed by atoms with Crippen LogP contribution in [0.2, 0.25) is 0 Å². The molecule has 8 aromatic rings. The molecule has 2 heterocycles. The van der Waals surface area contributed by atoms with Crippen LogP contribution in [0.5, 0.6) is 0 Å². The van der Waals surface area contributed by atoms with Crippen LogP contribution in [0, 0.1) is 0 Å². The molecule has 0 atom stereocenters. The first-order valence-corrected chi connectivity index (χ1v) is 14.6. The molecule has 4 nitrogen and oxygen atoms in total. The molecule has 44 heavy (non-hydrogen) atoms. The van der Waals surface area contributed by atoms with E-state index in [4.69, 9.17) is 20.0 Å². The number of rotatable bonds is 5. The van der Waals surface area contributed by atoms with E-state index in [2.05, 4.69) is 97.1 Å². The minimum absolute atomic E-state index is 0.807. The number of aromatic nitrogens is 2. The average molecular weight is 563 g/mol. The predicted molar refractivity (Wildman–Crippen MR) is 185 cm³/mol. The zero-order valence-corrected chi connectivity index (χ0v) is 23.8. The molecule has 4 heteroatoms. The first-order chi connectivity index (χ1) is 21.8. The fourth-order valence-corrected chi connectivity index (χ4v) is 5.84. The van der Waals surface area contributed by atoms with E-state index >= 15 is 0 Å². The fourth-order valence-electron chi connectivity index (χ4n) is 5.84. The zero-order valence-electron chi connectivity index (χ0n) is 23.8. The van der Waals surface area contributed by atoms with Crippen molar-refractivity contribution in [1.29, 1.82) is 0 Å². The molecule has 0 bridgehead atoms. The second kappa shape index (κ2) is 11.0. The summed E-state index contributed by atoms with van der Waals surface area (Å²) in [6.07, 6.45) is 3.71. The lowest BCUT2D eigenvalue weighted by Gasteiger charge is -2.16. The molecule has 0 N–H and O–H groups in total. The minimum Gasteiger partial charge on any atom is -0.254 e. The van der Waals surface area contributed by atoms with Crippen LogP contribution in [0.15, 0.2) is 156 Å². The number of hydrogen-bond donors (Lipinski definition) is 0. The van der Waals surface area contributed by atoms with E-state index in [0.717, 1.165) is 77.2 Å². The number of hydrogen-bond acceptors (Lipinski definition) is 4. The molecule has 0 unspecified atom stereocenters. The van der Waals surface area contributed by atoms with Gasteiger partial charge in [-0.1, -0.05) is 109 Å². The first-order valence-electron chi connectivity index (χ1n) is 14.6. The Hall–Kier alpha value is -6.00. The van der Waals surface area contributed by atoms with Gasteiger partial charge in [0.2, 0.25) is 0 Å². The minimum atomic E-state index is 0.807. The van der Waals surface area contributed by atoms with Gasteiger partial charge in [0, 0.05) is 21.9 Å². The third kappa shape index (κ3) is 4.79. The number of aliphatic imine (C=N–C) groups is 2. The van der Waals surface area contributed by atoms with Gasteiger partial charge >= 0.3 is 0 Å². The van der Waals surface area contributed by atoms with Crippen molar-refractivity contribution in [2.24, 2.45) is 9.98 Å². The molecule has 206 valence electrons. The Balaban J connectivity index is 1.33. The smallest absolute Gasteiger partial charge is 0.0820 e. The summed E-state index contributed by atoms with van der Waals surface area (Å²) in [6.45, 7) is 0. The standard InChI is InChI=1S/C40H26N4/c1-5-13-33-27(9-1)19-23-37(41-25-31-21-17-29-11-3-7-15-35(29)43-31)39(33)40-34-14-6-2-10-28(34)20-24-38(40)42-26-32-22-18-30-12-4-8-16-36(30)44-32/h1-26H. The van der Waals surface area contributed by atoms with Crippen molar-refractivity contribution < 1.29 is 0 Å². The maximum absolute atomic E-state index is 5.06. The number of para-hydroxylation sites is 2. The molecule has 8 rings (SSSR count). The second-order valence-corrected chi connectivity index (χ2v) is 10.7. The molecule has 0 fully saturated rings. The molecule has 2 aromatic heterocycles. The Labute approximate surface area is 254 Å². The highest BCUT2D eigenvalue weighted by molar-refractivity contribution is 6.13. The summed E-state index contributed by atoms with van der Waals surface area (Å²) in [5, 5.41) is 6.73. The van der Waals surface area contributed by atoms with Crippen LogP contribution < -0.4 is 0 Å². The largest absolute Gasteiger partial charge is 0.254 e. The van der Waals surface area contributed by atoms with Gasteiger partial charge in [-0.05, 0) is 57.9 Å². The van der Waals surface area contributed by atoms with Gasteiger partial charge in [0.1, 0.15) is 0 Å². The number of pyridine rings is 2. The van der Waals surface area contributed by atoms with E-state index < -0.39 is 0 Å². The molecule has 0 amide bonds. The summed E-state index contributed by atoms with van der Waals surface area (Å²) in [4.78, 5) is 19.8. The third-order valence-electron chi connectivity index (χ3n) is 7.98. The molecule has 0 aliphatic heterocycles. The van der Waals surface area contributed by atoms with E-state index in [1.807, 2.05) is 61.0 Å². The average Bonchev–Trinajstić information content (AvgIpc) is 3.09. The van der Waals surface area contributed by atoms with Crippen LogP contribution in [0.4, 0.5) is 11.4 Å². The third-order valence-corrected chi connectivity index (χ3v) is 7.98. The van der Waals surface area contributed by atoms with Crippen molar-refractivity contribution in [2.75, 3.05) is 0 Å². The topological polar surface area (TPSA) is 50.5 Å². The molecular formula is C40H26N4. The Bertz CT molecular complexity index is 2230. The normalized spacial score (nSPS) is 11.9. The van der Waals surface area contributed by atoms with Crippen LogP contribution in [-0.2, 0) is 0 Å². The fraction of sp³-hybridized carbons (Fsp3) is 0. The molecule has 0 saturated carbocycles. The van der Waals surface area contributed by atoms with Crippen molar-refractivity contribution in [3.63, 3.8) is 0 Å². The van der Waals surface area contributed by atoms with Crippen molar-refractivity contribution in [3.05, 3.63) is 157 Å². The van der Waals surface area contributed by atoms with Gasteiger partial charge in [0.15, 0.2) is 0 Å². The highest BCUT2D eigenvalue weighted by atomic mass is 14.8. The van der Waals surface area contributed by atoms with Gasteiger partial charge in [0.05, 0.1) is 46.2 Å². The molecular weight excluding hydrogens is 536 g/mol. The van der Waals surface area contributed by atoms with Crippen LogP contribution in [0.3, 0.4) is 0 Å². The number of benzene rings is 6. The first kappa shape index (κ1) is 25.7. The Morgan fingerprint density at radius 3 is 1.23 bits per heavy atom. The SMILES string of the molecule is C(=Nc1ccc2ccccc2c1-c1c(N=Cc2ccc3ccccc3n2)ccc2ccccc12)c1ccc2ccccc2n1. The molecule has 0 saturated heterocycles. The van der Waals surface area contributed by atoms with Gasteiger partial charge in [-0.2, -0.15) is 0 Å². The summed E-state index contributed by atoms with van der Waals surface area (Å²) < 4.78 is 0.